The molecule has 0 N–H and O–H groups in total. The highest BCUT2D eigenvalue weighted by Gasteiger charge is 1.78. The van der Waals surface area contributed by atoms with Crippen molar-refractivity contribution in [2.24, 2.45) is 0 Å². The molecule has 0 amide bonds. The first kappa shape index (κ1) is 6.43. The Morgan fingerprint density at radius 3 is 2.56 bits per heavy atom. The fourth-order valence-corrected chi connectivity index (χ4v) is 0.767. The van der Waals surface area contributed by atoms with E-state index in [0.717, 1.165) is 10.1 Å². The summed E-state index contributed by atoms with van der Waals surface area (Å²) >= 11 is 5.02. The Labute approximate surface area is 60.2 Å². The van der Waals surface area contributed by atoms with Gasteiger partial charge in [-0.2, -0.15) is 0 Å². The molecule has 1 heteroatoms. The van der Waals surface area contributed by atoms with Crippen molar-refractivity contribution in [1.82, 2.24) is 0 Å². The molecule has 0 aliphatic heterocycles. The topological polar surface area (TPSA) is 0 Å². The van der Waals surface area contributed by atoms with Gasteiger partial charge >= 0.3 is 0 Å². The second-order valence-electron chi connectivity index (χ2n) is 1.96. The Hall–Kier alpha value is -0.690. The maximum atomic E-state index is 5.02. The SMILES string of the molecule is Cc1cccccc1=S. The van der Waals surface area contributed by atoms with Crippen molar-refractivity contribution < 1.29 is 0 Å². The highest BCUT2D eigenvalue weighted by Crippen LogP contribution is 1.96. The van der Waals surface area contributed by atoms with Gasteiger partial charge in [-0.15, -0.1) is 0 Å². The molecule has 0 radical (unpaired) electrons. The molecule has 0 spiro atoms. The Kier molecular flexibility index (Phi) is 1.96. The third-order valence-corrected chi connectivity index (χ3v) is 1.66. The summed E-state index contributed by atoms with van der Waals surface area (Å²) in [5.41, 5.74) is 1.16. The number of rotatable bonds is 0. The van der Waals surface area contributed by atoms with Gasteiger partial charge in [0.2, 0.25) is 0 Å². The maximum Gasteiger partial charge on any atom is 0.0406 e. The Morgan fingerprint density at radius 2 is 1.78 bits per heavy atom. The van der Waals surface area contributed by atoms with E-state index in [1.807, 2.05) is 37.3 Å². The smallest absolute Gasteiger partial charge is 0.0406 e. The first-order chi connectivity index (χ1) is 4.30. The van der Waals surface area contributed by atoms with Crippen LogP contribution in [0.1, 0.15) is 5.56 Å². The lowest BCUT2D eigenvalue weighted by Crippen LogP contribution is -1.61. The van der Waals surface area contributed by atoms with Crippen LogP contribution in [-0.2, 0) is 0 Å². The molecule has 9 heavy (non-hydrogen) atoms. The molecular formula is C8H8S. The van der Waals surface area contributed by atoms with Crippen LogP contribution in [0.15, 0.2) is 30.3 Å². The van der Waals surface area contributed by atoms with Crippen molar-refractivity contribution in [3.63, 3.8) is 0 Å². The maximum absolute atomic E-state index is 5.02. The lowest BCUT2D eigenvalue weighted by molar-refractivity contribution is 1.49. The zero-order chi connectivity index (χ0) is 6.69. The van der Waals surface area contributed by atoms with E-state index in [1.165, 1.54) is 0 Å². The van der Waals surface area contributed by atoms with Gasteiger partial charge in [0.1, 0.15) is 0 Å². The lowest BCUT2D eigenvalue weighted by Gasteiger charge is -1.77. The van der Waals surface area contributed by atoms with E-state index in [-0.39, 0.29) is 0 Å². The summed E-state index contributed by atoms with van der Waals surface area (Å²) in [6, 6.07) is 9.87. The van der Waals surface area contributed by atoms with E-state index in [9.17, 15) is 0 Å². The van der Waals surface area contributed by atoms with Crippen LogP contribution in [0.25, 0.3) is 0 Å². The highest BCUT2D eigenvalue weighted by atomic mass is 32.1. The molecule has 0 fully saturated rings. The molecule has 0 heterocycles. The first-order valence-electron chi connectivity index (χ1n) is 2.86. The molecule has 0 aliphatic carbocycles. The van der Waals surface area contributed by atoms with Gasteiger partial charge in [0, 0.05) is 4.51 Å². The summed E-state index contributed by atoms with van der Waals surface area (Å²) in [6.07, 6.45) is 0. The van der Waals surface area contributed by atoms with Crippen LogP contribution in [-0.4, -0.2) is 0 Å². The van der Waals surface area contributed by atoms with Gasteiger partial charge in [0.15, 0.2) is 0 Å². The Morgan fingerprint density at radius 1 is 1.11 bits per heavy atom. The van der Waals surface area contributed by atoms with Gasteiger partial charge in [-0.3, -0.25) is 0 Å². The van der Waals surface area contributed by atoms with Crippen LogP contribution in [0, 0.1) is 11.4 Å². The van der Waals surface area contributed by atoms with Gasteiger partial charge in [-0.05, 0) is 18.6 Å². The molecule has 1 aromatic rings. The summed E-state index contributed by atoms with van der Waals surface area (Å²) in [7, 11) is 0. The van der Waals surface area contributed by atoms with Gasteiger partial charge in [0.25, 0.3) is 0 Å². The third-order valence-electron chi connectivity index (χ3n) is 1.20. The third kappa shape index (κ3) is 1.61. The van der Waals surface area contributed by atoms with Crippen molar-refractivity contribution in [2.45, 2.75) is 6.92 Å². The summed E-state index contributed by atoms with van der Waals surface area (Å²) in [6.45, 7) is 2.02. The molecular weight excluding hydrogens is 128 g/mol. The van der Waals surface area contributed by atoms with Gasteiger partial charge in [-0.1, -0.05) is 36.5 Å². The highest BCUT2D eigenvalue weighted by molar-refractivity contribution is 7.71. The van der Waals surface area contributed by atoms with Crippen molar-refractivity contribution in [3.8, 4) is 0 Å². The zero-order valence-corrected chi connectivity index (χ0v) is 6.11. The lowest BCUT2D eigenvalue weighted by atomic mass is 10.3. The van der Waals surface area contributed by atoms with Crippen LogP contribution in [0.3, 0.4) is 0 Å². The van der Waals surface area contributed by atoms with Crippen molar-refractivity contribution in [2.75, 3.05) is 0 Å². The molecule has 46 valence electrons. The van der Waals surface area contributed by atoms with Crippen LogP contribution < -0.4 is 0 Å². The van der Waals surface area contributed by atoms with Crippen molar-refractivity contribution in [1.29, 1.82) is 0 Å². The predicted molar refractivity (Wildman–Crippen MR) is 42.0 cm³/mol. The fraction of sp³-hybridized carbons (Fsp3) is 0.125. The van der Waals surface area contributed by atoms with E-state index in [1.54, 1.807) is 0 Å². The second kappa shape index (κ2) is 2.74. The minimum atomic E-state index is 0.931. The molecule has 1 aromatic carbocycles. The van der Waals surface area contributed by atoms with E-state index in [2.05, 4.69) is 0 Å². The normalized spacial score (nSPS) is 9.00. The first-order valence-corrected chi connectivity index (χ1v) is 3.27. The van der Waals surface area contributed by atoms with Crippen molar-refractivity contribution in [3.05, 3.63) is 40.4 Å². The largest absolute Gasteiger partial charge is 0.0798 e. The molecule has 0 bridgehead atoms. The minimum absolute atomic E-state index is 0.931. The Bertz CT molecular complexity index is 252. The summed E-state index contributed by atoms with van der Waals surface area (Å²) in [5, 5.41) is 0. The summed E-state index contributed by atoms with van der Waals surface area (Å²) in [4.78, 5) is 0. The number of hydrogen-bond acceptors (Lipinski definition) is 1. The van der Waals surface area contributed by atoms with Gasteiger partial charge < -0.3 is 0 Å². The number of aryl methyl sites for hydroxylation is 1. The summed E-state index contributed by atoms with van der Waals surface area (Å²) in [5.74, 6) is 0. The molecule has 0 aromatic heterocycles. The molecule has 0 aliphatic rings. The van der Waals surface area contributed by atoms with Crippen LogP contribution in [0.2, 0.25) is 0 Å². The molecule has 0 atom stereocenters. The molecule has 0 unspecified atom stereocenters. The summed E-state index contributed by atoms with van der Waals surface area (Å²) < 4.78 is 0.931. The zero-order valence-electron chi connectivity index (χ0n) is 5.29. The van der Waals surface area contributed by atoms with Gasteiger partial charge in [0.05, 0.1) is 0 Å². The standard InChI is InChI=1S/C8H8S/c1-7-5-3-2-4-6-8(7)9/h2-6H,1H3. The molecule has 0 saturated carbocycles. The molecule has 1 rings (SSSR count). The fourth-order valence-electron chi connectivity index (χ4n) is 0.621. The van der Waals surface area contributed by atoms with E-state index < -0.39 is 0 Å². The average molecular weight is 136 g/mol. The van der Waals surface area contributed by atoms with E-state index in [0.29, 0.717) is 0 Å². The second-order valence-corrected chi connectivity index (χ2v) is 2.40. The van der Waals surface area contributed by atoms with E-state index >= 15 is 0 Å². The van der Waals surface area contributed by atoms with E-state index in [4.69, 9.17) is 12.2 Å². The Balaban J connectivity index is 3.42. The van der Waals surface area contributed by atoms with Crippen molar-refractivity contribution >= 4 is 12.2 Å². The molecule has 0 saturated heterocycles. The average Bonchev–Trinajstić information content (AvgIpc) is 1.99. The quantitative estimate of drug-likeness (QED) is 0.494. The van der Waals surface area contributed by atoms with Gasteiger partial charge in [-0.25, -0.2) is 0 Å². The predicted octanol–water partition coefficient (Wildman–Crippen LogP) is 2.72. The van der Waals surface area contributed by atoms with Crippen LogP contribution in [0.4, 0.5) is 0 Å². The van der Waals surface area contributed by atoms with Crippen LogP contribution in [0.5, 0.6) is 0 Å². The number of hydrogen-bond donors (Lipinski definition) is 0. The van der Waals surface area contributed by atoms with Crippen LogP contribution >= 0.6 is 12.2 Å². The minimum Gasteiger partial charge on any atom is -0.0798 e. The monoisotopic (exact) mass is 136 g/mol. The molecule has 0 nitrogen and oxygen atoms in total.